The monoisotopic (exact) mass is 209 g/mol. The van der Waals surface area contributed by atoms with Crippen molar-refractivity contribution < 1.29 is 19.6 Å². The zero-order valence-electron chi connectivity index (χ0n) is 7.45. The van der Waals surface area contributed by atoms with Gasteiger partial charge >= 0.3 is 12.4 Å². The van der Waals surface area contributed by atoms with Crippen LogP contribution in [0, 0.1) is 5.21 Å². The number of hydrogen-bond acceptors (Lipinski definition) is 4. The fraction of sp³-hybridized carbons (Fsp3) is 0. The van der Waals surface area contributed by atoms with Gasteiger partial charge in [-0.3, -0.25) is 0 Å². The predicted octanol–water partition coefficient (Wildman–Crippen LogP) is 0.640. The fourth-order valence-corrected chi connectivity index (χ4v) is 0.865. The normalized spacial score (nSPS) is 10.8. The molecule has 7 heteroatoms. The highest BCUT2D eigenvalue weighted by molar-refractivity contribution is 5.87. The van der Waals surface area contributed by atoms with Crippen molar-refractivity contribution in [2.24, 2.45) is 5.22 Å². The molecule has 78 valence electrons. The number of aromatic carboxylic acids is 1. The van der Waals surface area contributed by atoms with Crippen molar-refractivity contribution in [3.63, 3.8) is 0 Å². The first-order chi connectivity index (χ1) is 7.15. The van der Waals surface area contributed by atoms with Crippen LogP contribution in [0.5, 0.6) is 0 Å². The van der Waals surface area contributed by atoms with Gasteiger partial charge in [0, 0.05) is 0 Å². The fourth-order valence-electron chi connectivity index (χ4n) is 0.865. The minimum absolute atomic E-state index is 0.0653. The number of nitrogens with zero attached hydrogens (tertiary/aromatic N) is 2. The molecule has 0 unspecified atom stereocenters. The summed E-state index contributed by atoms with van der Waals surface area (Å²) in [6.45, 7) is 0. The topological polar surface area (TPSA) is 105 Å². The van der Waals surface area contributed by atoms with E-state index in [1.54, 1.807) is 0 Å². The largest absolute Gasteiger partial charge is 0.691 e. The molecule has 7 nitrogen and oxygen atoms in total. The molecule has 0 aliphatic rings. The highest BCUT2D eigenvalue weighted by Gasteiger charge is 2.03. The highest BCUT2D eigenvalue weighted by atomic mass is 16.5. The minimum atomic E-state index is -1.08. The maximum atomic E-state index is 11.1. The van der Waals surface area contributed by atoms with Crippen molar-refractivity contribution in [1.29, 1.82) is 0 Å². The van der Waals surface area contributed by atoms with E-state index in [2.05, 4.69) is 5.22 Å². The molecule has 0 spiro atoms. The predicted molar refractivity (Wildman–Crippen MR) is 48.3 cm³/mol. The third kappa shape index (κ3) is 2.76. The van der Waals surface area contributed by atoms with E-state index in [1.165, 1.54) is 24.3 Å². The zero-order chi connectivity index (χ0) is 11.3. The van der Waals surface area contributed by atoms with E-state index in [-0.39, 0.29) is 22.5 Å². The smallest absolute Gasteiger partial charge is 0.335 e. The Kier molecular flexibility index (Phi) is 3.33. The van der Waals surface area contributed by atoms with Gasteiger partial charge in [0.2, 0.25) is 0 Å². The molecule has 0 saturated heterocycles. The van der Waals surface area contributed by atoms with Crippen LogP contribution in [0.25, 0.3) is 0 Å². The molecular weight excluding hydrogens is 202 g/mol. The highest BCUT2D eigenvalue weighted by Crippen LogP contribution is 2.12. The van der Waals surface area contributed by atoms with Crippen LogP contribution >= 0.6 is 0 Å². The molecule has 0 aliphatic carbocycles. The Morgan fingerprint density at radius 3 is 2.53 bits per heavy atom. The number of amides is 1. The average Bonchev–Trinajstić information content (AvgIpc) is 2.26. The Bertz CT molecular complexity index is 399. The summed E-state index contributed by atoms with van der Waals surface area (Å²) in [6.07, 6.45) is 0.247. The Labute approximate surface area is 84.2 Å². The summed E-state index contributed by atoms with van der Waals surface area (Å²) in [5.74, 6) is -1.08. The molecule has 0 aromatic heterocycles. The molecule has 1 amide bonds. The van der Waals surface area contributed by atoms with Crippen LogP contribution < -0.4 is 5.43 Å². The van der Waals surface area contributed by atoms with E-state index in [9.17, 15) is 14.8 Å². The van der Waals surface area contributed by atoms with Gasteiger partial charge in [-0.2, -0.15) is 0 Å². The van der Waals surface area contributed by atoms with E-state index in [1.807, 2.05) is 5.43 Å². The average molecular weight is 209 g/mol. The molecule has 0 radical (unpaired) electrons. The number of carboxylic acids is 1. The number of rotatable bonds is 4. The quantitative estimate of drug-likeness (QED) is 0.328. The van der Waals surface area contributed by atoms with Gasteiger partial charge in [-0.05, 0) is 24.3 Å². The Morgan fingerprint density at radius 1 is 1.47 bits per heavy atom. The van der Waals surface area contributed by atoms with Crippen molar-refractivity contribution in [3.8, 4) is 0 Å². The summed E-state index contributed by atoms with van der Waals surface area (Å²) >= 11 is 0. The van der Waals surface area contributed by atoms with Gasteiger partial charge in [0.05, 0.1) is 10.8 Å². The van der Waals surface area contributed by atoms with E-state index >= 15 is 0 Å². The maximum Gasteiger partial charge on any atom is 0.335 e. The zero-order valence-corrected chi connectivity index (χ0v) is 7.45. The SMILES string of the molecule is O=CN/N=[N+](\[O-])c1ccc(C(=O)O)cc1. The summed E-state index contributed by atoms with van der Waals surface area (Å²) in [6, 6.07) is 5.09. The molecule has 15 heavy (non-hydrogen) atoms. The van der Waals surface area contributed by atoms with Gasteiger partial charge in [0.1, 0.15) is 0 Å². The van der Waals surface area contributed by atoms with Crippen LogP contribution in [0.3, 0.4) is 0 Å². The number of carbonyl (C=O) groups excluding carboxylic acids is 1. The summed E-state index contributed by atoms with van der Waals surface area (Å²) in [7, 11) is 0. The first kappa shape index (κ1) is 10.6. The summed E-state index contributed by atoms with van der Waals surface area (Å²) in [4.78, 5) is 20.5. The second-order valence-corrected chi connectivity index (χ2v) is 2.47. The molecule has 1 rings (SSSR count). The molecule has 1 aromatic rings. The van der Waals surface area contributed by atoms with Crippen LogP contribution in [0.4, 0.5) is 5.69 Å². The standard InChI is InChI=1S/C8H7N3O4/c12-5-9-10-11(15)7-3-1-6(2-4-7)8(13)14/h1-5H,(H,9,12)(H,13,14)/b11-10-. The Hall–Kier alpha value is -2.44. The van der Waals surface area contributed by atoms with E-state index in [0.29, 0.717) is 0 Å². The third-order valence-electron chi connectivity index (χ3n) is 1.54. The second kappa shape index (κ2) is 4.70. The molecule has 1 aromatic carbocycles. The lowest BCUT2D eigenvalue weighted by molar-refractivity contribution is -0.446. The van der Waals surface area contributed by atoms with Crippen LogP contribution in [0.15, 0.2) is 29.5 Å². The van der Waals surface area contributed by atoms with Crippen LogP contribution in [-0.2, 0) is 4.79 Å². The Balaban J connectivity index is 2.88. The molecule has 0 fully saturated rings. The molecule has 2 N–H and O–H groups in total. The van der Waals surface area contributed by atoms with Crippen molar-refractivity contribution >= 4 is 18.1 Å². The molecule has 0 saturated carbocycles. The summed E-state index contributed by atoms with van der Waals surface area (Å²) in [5, 5.41) is 22.7. The molecule has 0 atom stereocenters. The van der Waals surface area contributed by atoms with Gasteiger partial charge in [-0.15, -0.1) is 10.3 Å². The number of hydrogen-bond donors (Lipinski definition) is 2. The van der Waals surface area contributed by atoms with E-state index < -0.39 is 5.97 Å². The van der Waals surface area contributed by atoms with Crippen molar-refractivity contribution in [2.75, 3.05) is 0 Å². The van der Waals surface area contributed by atoms with Gasteiger partial charge in [-0.25, -0.2) is 9.59 Å². The summed E-state index contributed by atoms with van der Waals surface area (Å²) < 4.78 is 0. The van der Waals surface area contributed by atoms with E-state index in [0.717, 1.165) is 0 Å². The van der Waals surface area contributed by atoms with Crippen molar-refractivity contribution in [1.82, 2.24) is 5.43 Å². The van der Waals surface area contributed by atoms with Crippen molar-refractivity contribution in [2.45, 2.75) is 0 Å². The van der Waals surface area contributed by atoms with E-state index in [4.69, 9.17) is 5.11 Å². The maximum absolute atomic E-state index is 11.1. The molecule has 0 aliphatic heterocycles. The molecule has 0 heterocycles. The minimum Gasteiger partial charge on any atom is -0.691 e. The lowest BCUT2D eigenvalue weighted by Crippen LogP contribution is -2.05. The van der Waals surface area contributed by atoms with Gasteiger partial charge in [0.15, 0.2) is 5.69 Å². The number of carbonyl (C=O) groups is 2. The van der Waals surface area contributed by atoms with Gasteiger partial charge in [-0.1, -0.05) is 0 Å². The second-order valence-electron chi connectivity index (χ2n) is 2.47. The lowest BCUT2D eigenvalue weighted by atomic mass is 10.2. The molecular formula is C8H7N3O4. The van der Waals surface area contributed by atoms with Crippen LogP contribution in [0.1, 0.15) is 10.4 Å². The first-order valence-electron chi connectivity index (χ1n) is 3.85. The third-order valence-corrected chi connectivity index (χ3v) is 1.54. The number of benzene rings is 1. The van der Waals surface area contributed by atoms with Crippen LogP contribution in [0.2, 0.25) is 0 Å². The van der Waals surface area contributed by atoms with Gasteiger partial charge < -0.3 is 10.3 Å². The lowest BCUT2D eigenvalue weighted by Gasteiger charge is -2.04. The summed E-state index contributed by atoms with van der Waals surface area (Å²) in [5.41, 5.74) is 2.01. The van der Waals surface area contributed by atoms with Crippen LogP contribution in [-0.4, -0.2) is 22.3 Å². The van der Waals surface area contributed by atoms with Gasteiger partial charge in [0.25, 0.3) is 0 Å². The Morgan fingerprint density at radius 2 is 2.07 bits per heavy atom. The molecule has 0 bridgehead atoms. The van der Waals surface area contributed by atoms with Crippen molar-refractivity contribution in [3.05, 3.63) is 35.0 Å². The first-order valence-corrected chi connectivity index (χ1v) is 3.85. The number of nitrogens with one attached hydrogen (secondary N) is 1. The number of carboxylic acid groups (broad SMARTS) is 1.